The van der Waals surface area contributed by atoms with Crippen LogP contribution >= 0.6 is 11.6 Å². The van der Waals surface area contributed by atoms with E-state index in [4.69, 9.17) is 11.6 Å². The van der Waals surface area contributed by atoms with Gasteiger partial charge in [-0.05, 0) is 12.8 Å². The summed E-state index contributed by atoms with van der Waals surface area (Å²) in [5, 5.41) is 2.72. The molecule has 1 aliphatic carbocycles. The Balaban J connectivity index is 2.03. The smallest absolute Gasteiger partial charge is 0.223 e. The molecule has 52 valence electrons. The first-order valence-electron chi connectivity index (χ1n) is 3.18. The van der Waals surface area contributed by atoms with Crippen LogP contribution in [0.1, 0.15) is 12.8 Å². The largest absolute Gasteiger partial charge is 0.355 e. The van der Waals surface area contributed by atoms with E-state index in [2.05, 4.69) is 5.32 Å². The minimum Gasteiger partial charge on any atom is -0.355 e. The molecule has 0 spiro atoms. The molecule has 2 nitrogen and oxygen atoms in total. The summed E-state index contributed by atoms with van der Waals surface area (Å²) in [6.07, 6.45) is 2.13. The van der Waals surface area contributed by atoms with E-state index in [0.29, 0.717) is 18.3 Å². The lowest BCUT2D eigenvalue weighted by Gasteiger charge is -1.97. The van der Waals surface area contributed by atoms with Crippen LogP contribution in [0.15, 0.2) is 0 Å². The van der Waals surface area contributed by atoms with Crippen LogP contribution in [-0.2, 0) is 4.79 Å². The molecule has 1 aliphatic rings. The van der Waals surface area contributed by atoms with E-state index >= 15 is 0 Å². The lowest BCUT2D eigenvalue weighted by molar-refractivity contribution is -0.122. The predicted octanol–water partition coefficient (Wildman–Crippen LogP) is 0.751. The van der Waals surface area contributed by atoms with Crippen molar-refractivity contribution in [2.75, 3.05) is 12.4 Å². The second-order valence-corrected chi connectivity index (χ2v) is 2.63. The molecule has 0 radical (unpaired) electrons. The molecule has 1 saturated carbocycles. The zero-order chi connectivity index (χ0) is 6.69. The summed E-state index contributed by atoms with van der Waals surface area (Å²) >= 11 is 5.36. The van der Waals surface area contributed by atoms with Gasteiger partial charge in [-0.1, -0.05) is 0 Å². The van der Waals surface area contributed by atoms with Crippen molar-refractivity contribution in [1.82, 2.24) is 5.32 Å². The van der Waals surface area contributed by atoms with Gasteiger partial charge in [-0.3, -0.25) is 4.79 Å². The summed E-state index contributed by atoms with van der Waals surface area (Å²) in [5.74, 6) is 1.00. The molecule has 1 N–H and O–H groups in total. The fourth-order valence-corrected chi connectivity index (χ4v) is 0.755. The third-order valence-electron chi connectivity index (χ3n) is 1.34. The average Bonchev–Trinajstić information content (AvgIpc) is 2.63. The van der Waals surface area contributed by atoms with Crippen molar-refractivity contribution in [3.63, 3.8) is 0 Å². The molecule has 0 saturated heterocycles. The summed E-state index contributed by atoms with van der Waals surface area (Å²) in [6, 6.07) is 0. The Morgan fingerprint density at radius 1 is 1.67 bits per heavy atom. The highest BCUT2D eigenvalue weighted by Crippen LogP contribution is 2.28. The first-order valence-corrected chi connectivity index (χ1v) is 3.71. The van der Waals surface area contributed by atoms with Gasteiger partial charge in [0.05, 0.1) is 0 Å². The predicted molar refractivity (Wildman–Crippen MR) is 36.5 cm³/mol. The van der Waals surface area contributed by atoms with Gasteiger partial charge in [-0.2, -0.15) is 0 Å². The molecule has 0 heterocycles. The topological polar surface area (TPSA) is 29.1 Å². The van der Waals surface area contributed by atoms with Crippen molar-refractivity contribution >= 4 is 17.5 Å². The number of hydrogen-bond acceptors (Lipinski definition) is 1. The molecule has 0 bridgehead atoms. The highest BCUT2D eigenvalue weighted by Gasteiger charge is 2.28. The monoisotopic (exact) mass is 147 g/mol. The minimum absolute atomic E-state index is 0.177. The standard InChI is InChI=1S/C6H10ClNO/c7-3-4-8-6(9)5-1-2-5/h5H,1-4H2,(H,8,9). The van der Waals surface area contributed by atoms with Gasteiger partial charge >= 0.3 is 0 Å². The zero-order valence-electron chi connectivity index (χ0n) is 5.19. The van der Waals surface area contributed by atoms with Crippen LogP contribution in [0.4, 0.5) is 0 Å². The molecular weight excluding hydrogens is 138 g/mol. The maximum Gasteiger partial charge on any atom is 0.223 e. The average molecular weight is 148 g/mol. The van der Waals surface area contributed by atoms with E-state index in [9.17, 15) is 4.79 Å². The first-order chi connectivity index (χ1) is 4.34. The molecule has 0 unspecified atom stereocenters. The van der Waals surface area contributed by atoms with E-state index in [-0.39, 0.29) is 5.91 Å². The quantitative estimate of drug-likeness (QED) is 0.587. The van der Waals surface area contributed by atoms with Crippen LogP contribution in [0.2, 0.25) is 0 Å². The Hall–Kier alpha value is -0.240. The molecule has 0 aromatic carbocycles. The van der Waals surface area contributed by atoms with Crippen LogP contribution in [-0.4, -0.2) is 18.3 Å². The lowest BCUT2D eigenvalue weighted by Crippen LogP contribution is -2.26. The van der Waals surface area contributed by atoms with Crippen molar-refractivity contribution < 1.29 is 4.79 Å². The van der Waals surface area contributed by atoms with Crippen molar-refractivity contribution in [1.29, 1.82) is 0 Å². The van der Waals surface area contributed by atoms with Gasteiger partial charge in [0.15, 0.2) is 0 Å². The normalized spacial score (nSPS) is 17.4. The third-order valence-corrected chi connectivity index (χ3v) is 1.53. The van der Waals surface area contributed by atoms with Gasteiger partial charge in [0, 0.05) is 18.3 Å². The van der Waals surface area contributed by atoms with E-state index in [0.717, 1.165) is 12.8 Å². The molecule has 1 amide bonds. The Labute approximate surface area is 59.6 Å². The number of nitrogens with one attached hydrogen (secondary N) is 1. The number of amides is 1. The Kier molecular flexibility index (Phi) is 2.34. The molecule has 3 heteroatoms. The van der Waals surface area contributed by atoms with E-state index in [1.54, 1.807) is 0 Å². The summed E-state index contributed by atoms with van der Waals surface area (Å²) in [5.41, 5.74) is 0. The maximum absolute atomic E-state index is 10.8. The van der Waals surface area contributed by atoms with Gasteiger partial charge in [0.1, 0.15) is 0 Å². The first kappa shape index (κ1) is 6.87. The summed E-state index contributed by atoms with van der Waals surface area (Å²) in [6.45, 7) is 0.608. The van der Waals surface area contributed by atoms with Crippen molar-refractivity contribution in [2.45, 2.75) is 12.8 Å². The van der Waals surface area contributed by atoms with E-state index in [1.165, 1.54) is 0 Å². The zero-order valence-corrected chi connectivity index (χ0v) is 5.95. The third kappa shape index (κ3) is 2.22. The van der Waals surface area contributed by atoms with E-state index < -0.39 is 0 Å². The number of carbonyl (C=O) groups is 1. The second kappa shape index (κ2) is 3.06. The lowest BCUT2D eigenvalue weighted by atomic mass is 10.4. The SMILES string of the molecule is O=C(NCCCl)C1CC1. The van der Waals surface area contributed by atoms with Crippen molar-refractivity contribution in [3.8, 4) is 0 Å². The van der Waals surface area contributed by atoms with Crippen LogP contribution < -0.4 is 5.32 Å². The van der Waals surface area contributed by atoms with Gasteiger partial charge in [-0.15, -0.1) is 11.6 Å². The van der Waals surface area contributed by atoms with Crippen LogP contribution in [0.3, 0.4) is 0 Å². The van der Waals surface area contributed by atoms with Crippen LogP contribution in [0, 0.1) is 5.92 Å². The van der Waals surface area contributed by atoms with E-state index in [1.807, 2.05) is 0 Å². The van der Waals surface area contributed by atoms with Crippen molar-refractivity contribution in [3.05, 3.63) is 0 Å². The Bertz CT molecular complexity index is 112. The Morgan fingerprint density at radius 3 is 2.78 bits per heavy atom. The summed E-state index contributed by atoms with van der Waals surface area (Å²) < 4.78 is 0. The molecule has 1 rings (SSSR count). The maximum atomic E-state index is 10.8. The molecule has 9 heavy (non-hydrogen) atoms. The molecule has 0 aromatic rings. The molecule has 0 atom stereocenters. The minimum atomic E-state index is 0.177. The highest BCUT2D eigenvalue weighted by atomic mass is 35.5. The molecule has 0 aliphatic heterocycles. The second-order valence-electron chi connectivity index (χ2n) is 2.25. The number of carbonyl (C=O) groups excluding carboxylic acids is 1. The fourth-order valence-electron chi connectivity index (χ4n) is 0.660. The van der Waals surface area contributed by atoms with Crippen LogP contribution in [0.5, 0.6) is 0 Å². The summed E-state index contributed by atoms with van der Waals surface area (Å²) in [4.78, 5) is 10.8. The van der Waals surface area contributed by atoms with Gasteiger partial charge < -0.3 is 5.32 Å². The van der Waals surface area contributed by atoms with Gasteiger partial charge in [-0.25, -0.2) is 0 Å². The van der Waals surface area contributed by atoms with Crippen LogP contribution in [0.25, 0.3) is 0 Å². The highest BCUT2D eigenvalue weighted by molar-refractivity contribution is 6.18. The molecule has 1 fully saturated rings. The number of halogens is 1. The van der Waals surface area contributed by atoms with Crippen molar-refractivity contribution in [2.24, 2.45) is 5.92 Å². The molecular formula is C6H10ClNO. The number of alkyl halides is 1. The summed E-state index contributed by atoms with van der Waals surface area (Å²) in [7, 11) is 0. The van der Waals surface area contributed by atoms with Gasteiger partial charge in [0.2, 0.25) is 5.91 Å². The Morgan fingerprint density at radius 2 is 2.33 bits per heavy atom. The number of hydrogen-bond donors (Lipinski definition) is 1. The molecule has 0 aromatic heterocycles. The number of rotatable bonds is 3. The fraction of sp³-hybridized carbons (Fsp3) is 0.833. The van der Waals surface area contributed by atoms with Gasteiger partial charge in [0.25, 0.3) is 0 Å².